The zero-order valence-electron chi connectivity index (χ0n) is 8.03. The van der Waals surface area contributed by atoms with E-state index in [1.807, 2.05) is 0 Å². The number of phenolic OH excluding ortho intramolecular Hbond substituents is 2. The molecule has 0 saturated heterocycles. The van der Waals surface area contributed by atoms with E-state index in [2.05, 4.69) is 4.98 Å². The van der Waals surface area contributed by atoms with Crippen LogP contribution in [0.25, 0.3) is 5.69 Å². The molecule has 0 fully saturated rings. The van der Waals surface area contributed by atoms with Gasteiger partial charge in [-0.15, -0.1) is 0 Å². The second-order valence-electron chi connectivity index (χ2n) is 3.12. The van der Waals surface area contributed by atoms with Crippen molar-refractivity contribution in [3.63, 3.8) is 0 Å². The first-order chi connectivity index (χ1) is 7.59. The van der Waals surface area contributed by atoms with Gasteiger partial charge in [0.05, 0.1) is 0 Å². The number of carboxylic acids is 1. The lowest BCUT2D eigenvalue weighted by Gasteiger charge is -2.06. The predicted molar refractivity (Wildman–Crippen MR) is 53.9 cm³/mol. The van der Waals surface area contributed by atoms with Gasteiger partial charge < -0.3 is 15.3 Å². The van der Waals surface area contributed by atoms with Gasteiger partial charge in [0.15, 0.2) is 5.69 Å². The number of phenols is 2. The summed E-state index contributed by atoms with van der Waals surface area (Å²) in [5.74, 6) is -1.49. The number of rotatable bonds is 2. The number of carboxylic acid groups (broad SMARTS) is 1. The van der Waals surface area contributed by atoms with Crippen molar-refractivity contribution in [3.8, 4) is 17.2 Å². The van der Waals surface area contributed by atoms with Crippen molar-refractivity contribution < 1.29 is 20.1 Å². The largest absolute Gasteiger partial charge is 0.506 e. The minimum absolute atomic E-state index is 0.0995. The SMILES string of the molecule is O=C(O)c1cn(-c2c(O)cccc2O)cn1. The van der Waals surface area contributed by atoms with Gasteiger partial charge in [0.1, 0.15) is 23.5 Å². The zero-order valence-corrected chi connectivity index (χ0v) is 8.03. The van der Waals surface area contributed by atoms with E-state index >= 15 is 0 Å². The Morgan fingerprint density at radius 1 is 1.25 bits per heavy atom. The number of para-hydroxylation sites is 1. The van der Waals surface area contributed by atoms with Gasteiger partial charge in [-0.1, -0.05) is 6.07 Å². The van der Waals surface area contributed by atoms with Crippen LogP contribution in [0.1, 0.15) is 10.5 Å². The summed E-state index contributed by atoms with van der Waals surface area (Å²) in [6.45, 7) is 0. The lowest BCUT2D eigenvalue weighted by Crippen LogP contribution is -1.96. The first kappa shape index (κ1) is 10.0. The molecule has 2 rings (SSSR count). The Morgan fingerprint density at radius 2 is 1.88 bits per heavy atom. The molecule has 0 unspecified atom stereocenters. The summed E-state index contributed by atoms with van der Waals surface area (Å²) in [6, 6.07) is 4.24. The van der Waals surface area contributed by atoms with Crippen LogP contribution in [-0.2, 0) is 0 Å². The molecule has 0 aliphatic carbocycles. The average Bonchev–Trinajstić information content (AvgIpc) is 2.66. The molecule has 0 amide bonds. The van der Waals surface area contributed by atoms with Gasteiger partial charge in [0, 0.05) is 6.20 Å². The molecule has 0 atom stereocenters. The number of aromatic hydroxyl groups is 2. The molecular weight excluding hydrogens is 212 g/mol. The Bertz CT molecular complexity index is 527. The minimum atomic E-state index is -1.17. The molecule has 1 aromatic heterocycles. The molecule has 82 valence electrons. The smallest absolute Gasteiger partial charge is 0.356 e. The average molecular weight is 220 g/mol. The molecule has 0 aliphatic rings. The van der Waals surface area contributed by atoms with Crippen LogP contribution in [0.4, 0.5) is 0 Å². The second kappa shape index (κ2) is 3.58. The topological polar surface area (TPSA) is 95.6 Å². The van der Waals surface area contributed by atoms with Gasteiger partial charge in [0.2, 0.25) is 0 Å². The van der Waals surface area contributed by atoms with E-state index in [9.17, 15) is 15.0 Å². The summed E-state index contributed by atoms with van der Waals surface area (Å²) in [5, 5.41) is 27.8. The van der Waals surface area contributed by atoms with E-state index in [4.69, 9.17) is 5.11 Å². The van der Waals surface area contributed by atoms with Crippen LogP contribution in [0.15, 0.2) is 30.7 Å². The number of carbonyl (C=O) groups is 1. The molecule has 1 aromatic carbocycles. The highest BCUT2D eigenvalue weighted by atomic mass is 16.4. The van der Waals surface area contributed by atoms with Crippen molar-refractivity contribution in [2.24, 2.45) is 0 Å². The van der Waals surface area contributed by atoms with Crippen LogP contribution in [0.2, 0.25) is 0 Å². The number of hydrogen-bond acceptors (Lipinski definition) is 4. The number of aromatic nitrogens is 2. The summed E-state index contributed by atoms with van der Waals surface area (Å²) in [6.07, 6.45) is 2.41. The fourth-order valence-corrected chi connectivity index (χ4v) is 1.34. The maximum atomic E-state index is 10.6. The van der Waals surface area contributed by atoms with E-state index < -0.39 is 5.97 Å². The van der Waals surface area contributed by atoms with Crippen LogP contribution in [0.3, 0.4) is 0 Å². The molecule has 2 aromatic rings. The van der Waals surface area contributed by atoms with Crippen molar-refractivity contribution in [2.75, 3.05) is 0 Å². The maximum absolute atomic E-state index is 10.6. The van der Waals surface area contributed by atoms with Crippen LogP contribution < -0.4 is 0 Å². The lowest BCUT2D eigenvalue weighted by molar-refractivity contribution is 0.0691. The number of hydrogen-bond donors (Lipinski definition) is 3. The van der Waals surface area contributed by atoms with Gasteiger partial charge in [-0.3, -0.25) is 4.57 Å². The molecule has 6 nitrogen and oxygen atoms in total. The summed E-state index contributed by atoms with van der Waals surface area (Å²) in [5.41, 5.74) is -0.0647. The van der Waals surface area contributed by atoms with E-state index in [-0.39, 0.29) is 22.9 Å². The first-order valence-corrected chi connectivity index (χ1v) is 4.38. The predicted octanol–water partition coefficient (Wildman–Crippen LogP) is 0.982. The molecule has 1 heterocycles. The highest BCUT2D eigenvalue weighted by Crippen LogP contribution is 2.30. The highest BCUT2D eigenvalue weighted by Gasteiger charge is 2.12. The van der Waals surface area contributed by atoms with E-state index in [0.717, 1.165) is 0 Å². The molecule has 16 heavy (non-hydrogen) atoms. The van der Waals surface area contributed by atoms with Gasteiger partial charge in [-0.2, -0.15) is 0 Å². The Hall–Kier alpha value is -2.50. The first-order valence-electron chi connectivity index (χ1n) is 4.38. The lowest BCUT2D eigenvalue weighted by atomic mass is 10.2. The third-order valence-electron chi connectivity index (χ3n) is 2.05. The Kier molecular flexibility index (Phi) is 2.24. The summed E-state index contributed by atoms with van der Waals surface area (Å²) in [7, 11) is 0. The molecule has 0 bridgehead atoms. The Balaban J connectivity index is 2.54. The fourth-order valence-electron chi connectivity index (χ4n) is 1.34. The van der Waals surface area contributed by atoms with E-state index in [1.165, 1.54) is 35.3 Å². The number of imidazole rings is 1. The normalized spacial score (nSPS) is 10.2. The molecule has 3 N–H and O–H groups in total. The molecule has 0 radical (unpaired) electrons. The summed E-state index contributed by atoms with van der Waals surface area (Å²) < 4.78 is 1.24. The fraction of sp³-hybridized carbons (Fsp3) is 0. The van der Waals surface area contributed by atoms with Crippen LogP contribution >= 0.6 is 0 Å². The zero-order chi connectivity index (χ0) is 11.7. The number of aromatic carboxylic acids is 1. The summed E-state index contributed by atoms with van der Waals surface area (Å²) in [4.78, 5) is 14.2. The monoisotopic (exact) mass is 220 g/mol. The second-order valence-corrected chi connectivity index (χ2v) is 3.12. The molecule has 0 saturated carbocycles. The van der Waals surface area contributed by atoms with Gasteiger partial charge in [-0.05, 0) is 12.1 Å². The van der Waals surface area contributed by atoms with Crippen molar-refractivity contribution in [1.29, 1.82) is 0 Å². The number of nitrogens with zero attached hydrogens (tertiary/aromatic N) is 2. The van der Waals surface area contributed by atoms with E-state index in [0.29, 0.717) is 0 Å². The quantitative estimate of drug-likeness (QED) is 0.701. The van der Waals surface area contributed by atoms with E-state index in [1.54, 1.807) is 0 Å². The van der Waals surface area contributed by atoms with Crippen molar-refractivity contribution in [1.82, 2.24) is 9.55 Å². The molecule has 6 heteroatoms. The third-order valence-corrected chi connectivity index (χ3v) is 2.05. The Morgan fingerprint density at radius 3 is 2.38 bits per heavy atom. The maximum Gasteiger partial charge on any atom is 0.356 e. The van der Waals surface area contributed by atoms with Gasteiger partial charge in [0.25, 0.3) is 0 Å². The molecule has 0 spiro atoms. The van der Waals surface area contributed by atoms with Gasteiger partial charge in [-0.25, -0.2) is 9.78 Å². The minimum Gasteiger partial charge on any atom is -0.506 e. The van der Waals surface area contributed by atoms with Crippen LogP contribution in [0.5, 0.6) is 11.5 Å². The number of benzene rings is 1. The highest BCUT2D eigenvalue weighted by molar-refractivity contribution is 5.85. The standard InChI is InChI=1S/C10H8N2O4/c13-7-2-1-3-8(14)9(7)12-4-6(10(15)16)11-5-12/h1-5,13-14H,(H,15,16). The molecule has 0 aliphatic heterocycles. The third kappa shape index (κ3) is 1.56. The molecular formula is C10H8N2O4. The van der Waals surface area contributed by atoms with Crippen LogP contribution in [-0.4, -0.2) is 30.8 Å². The Labute approximate surface area is 90.0 Å². The van der Waals surface area contributed by atoms with Crippen molar-refractivity contribution in [3.05, 3.63) is 36.4 Å². The van der Waals surface area contributed by atoms with Crippen molar-refractivity contribution >= 4 is 5.97 Å². The van der Waals surface area contributed by atoms with Crippen molar-refractivity contribution in [2.45, 2.75) is 0 Å². The van der Waals surface area contributed by atoms with Gasteiger partial charge >= 0.3 is 5.97 Å². The van der Waals surface area contributed by atoms with Crippen LogP contribution in [0, 0.1) is 0 Å². The summed E-state index contributed by atoms with van der Waals surface area (Å²) >= 11 is 0.